The third kappa shape index (κ3) is 2.49. The van der Waals surface area contributed by atoms with Crippen LogP contribution in [0.1, 0.15) is 0 Å². The summed E-state index contributed by atoms with van der Waals surface area (Å²) in [5.41, 5.74) is 2.41. The number of ether oxygens (including phenoxy) is 2. The number of aromatic nitrogens is 4. The zero-order valence-electron chi connectivity index (χ0n) is 12.8. The van der Waals surface area contributed by atoms with Crippen LogP contribution in [0.2, 0.25) is 0 Å². The highest BCUT2D eigenvalue weighted by molar-refractivity contribution is 5.95. The lowest BCUT2D eigenvalue weighted by molar-refractivity contribution is 0.122. The Morgan fingerprint density at radius 3 is 2.83 bits per heavy atom. The fourth-order valence-corrected chi connectivity index (χ4v) is 2.82. The van der Waals surface area contributed by atoms with E-state index in [1.165, 1.54) is 0 Å². The average molecular weight is 311 g/mol. The lowest BCUT2D eigenvalue weighted by atomic mass is 10.1. The molecule has 0 atom stereocenters. The highest BCUT2D eigenvalue weighted by Gasteiger charge is 2.18. The molecule has 0 aliphatic carbocycles. The third-order valence-electron chi connectivity index (χ3n) is 3.99. The van der Waals surface area contributed by atoms with Gasteiger partial charge in [0.15, 0.2) is 0 Å². The molecule has 0 unspecified atom stereocenters. The Morgan fingerprint density at radius 2 is 2.09 bits per heavy atom. The van der Waals surface area contributed by atoms with Gasteiger partial charge in [-0.15, -0.1) is 0 Å². The van der Waals surface area contributed by atoms with Crippen molar-refractivity contribution >= 4 is 16.7 Å². The number of H-pyrrole nitrogens is 1. The van der Waals surface area contributed by atoms with Gasteiger partial charge < -0.3 is 14.4 Å². The van der Waals surface area contributed by atoms with Crippen LogP contribution in [0, 0.1) is 0 Å². The monoisotopic (exact) mass is 311 g/mol. The molecule has 3 aromatic rings. The van der Waals surface area contributed by atoms with E-state index in [1.54, 1.807) is 19.5 Å². The molecule has 23 heavy (non-hydrogen) atoms. The summed E-state index contributed by atoms with van der Waals surface area (Å²) in [7, 11) is 1.67. The van der Waals surface area contributed by atoms with E-state index in [2.05, 4.69) is 20.1 Å². The number of hydrogen-bond donors (Lipinski definition) is 1. The molecule has 0 spiro atoms. The Kier molecular flexibility index (Phi) is 3.55. The third-order valence-corrected chi connectivity index (χ3v) is 3.99. The Bertz CT molecular complexity index is 813. The van der Waals surface area contributed by atoms with Crippen LogP contribution in [-0.4, -0.2) is 53.6 Å². The molecule has 118 valence electrons. The molecule has 7 nitrogen and oxygen atoms in total. The number of methoxy groups -OCH3 is 1. The zero-order valence-corrected chi connectivity index (χ0v) is 12.8. The Labute approximate surface area is 133 Å². The molecule has 1 fully saturated rings. The number of rotatable bonds is 3. The van der Waals surface area contributed by atoms with Crippen LogP contribution in [0.25, 0.3) is 22.3 Å². The van der Waals surface area contributed by atoms with Gasteiger partial charge in [-0.3, -0.25) is 10.1 Å². The first-order valence-electron chi connectivity index (χ1n) is 7.53. The molecule has 0 amide bonds. The van der Waals surface area contributed by atoms with Crippen LogP contribution in [0.4, 0.5) is 5.82 Å². The van der Waals surface area contributed by atoms with E-state index < -0.39 is 0 Å². The van der Waals surface area contributed by atoms with Gasteiger partial charge in [-0.1, -0.05) is 0 Å². The van der Waals surface area contributed by atoms with Crippen molar-refractivity contribution in [2.45, 2.75) is 0 Å². The number of morpholine rings is 1. The van der Waals surface area contributed by atoms with Gasteiger partial charge >= 0.3 is 0 Å². The van der Waals surface area contributed by atoms with Crippen LogP contribution in [0.5, 0.6) is 5.75 Å². The number of nitrogens with zero attached hydrogens (tertiary/aromatic N) is 4. The van der Waals surface area contributed by atoms with Crippen LogP contribution in [-0.2, 0) is 4.74 Å². The maximum Gasteiger partial charge on any atom is 0.133 e. The molecule has 0 aromatic carbocycles. The highest BCUT2D eigenvalue weighted by atomic mass is 16.5. The molecule has 0 bridgehead atoms. The molecule has 4 rings (SSSR count). The van der Waals surface area contributed by atoms with Gasteiger partial charge in [-0.2, -0.15) is 5.10 Å². The topological polar surface area (TPSA) is 76.2 Å². The van der Waals surface area contributed by atoms with E-state index >= 15 is 0 Å². The summed E-state index contributed by atoms with van der Waals surface area (Å²) in [6.07, 6.45) is 3.47. The van der Waals surface area contributed by atoms with Crippen molar-refractivity contribution in [2.75, 3.05) is 38.3 Å². The van der Waals surface area contributed by atoms with Crippen molar-refractivity contribution < 1.29 is 9.47 Å². The van der Waals surface area contributed by atoms with Crippen LogP contribution < -0.4 is 9.64 Å². The molecule has 1 saturated heterocycles. The summed E-state index contributed by atoms with van der Waals surface area (Å²) in [4.78, 5) is 11.5. The summed E-state index contributed by atoms with van der Waals surface area (Å²) in [6, 6.07) is 5.78. The second-order valence-corrected chi connectivity index (χ2v) is 5.31. The van der Waals surface area contributed by atoms with Crippen molar-refractivity contribution in [1.82, 2.24) is 20.2 Å². The molecular formula is C16H17N5O2. The summed E-state index contributed by atoms with van der Waals surface area (Å²) >= 11 is 0. The minimum Gasteiger partial charge on any atom is -0.496 e. The van der Waals surface area contributed by atoms with Crippen LogP contribution in [0.3, 0.4) is 0 Å². The van der Waals surface area contributed by atoms with Crippen LogP contribution in [0.15, 0.2) is 30.6 Å². The Morgan fingerprint density at radius 1 is 1.22 bits per heavy atom. The van der Waals surface area contributed by atoms with Gasteiger partial charge in [0, 0.05) is 36.9 Å². The lowest BCUT2D eigenvalue weighted by Crippen LogP contribution is -2.36. The smallest absolute Gasteiger partial charge is 0.133 e. The van der Waals surface area contributed by atoms with Gasteiger partial charge in [0.1, 0.15) is 22.8 Å². The summed E-state index contributed by atoms with van der Waals surface area (Å²) in [6.45, 7) is 3.06. The molecular weight excluding hydrogens is 294 g/mol. The van der Waals surface area contributed by atoms with Crippen molar-refractivity contribution in [2.24, 2.45) is 0 Å². The molecule has 1 N–H and O–H groups in total. The van der Waals surface area contributed by atoms with E-state index in [9.17, 15) is 0 Å². The normalized spacial score (nSPS) is 15.1. The zero-order chi connectivity index (χ0) is 15.6. The average Bonchev–Trinajstić information content (AvgIpc) is 3.15. The van der Waals surface area contributed by atoms with Gasteiger partial charge in [0.05, 0.1) is 26.0 Å². The highest BCUT2D eigenvalue weighted by Crippen LogP contribution is 2.33. The largest absolute Gasteiger partial charge is 0.496 e. The number of anilines is 1. The van der Waals surface area contributed by atoms with E-state index in [0.29, 0.717) is 13.2 Å². The number of aromatic amines is 1. The maximum absolute atomic E-state index is 5.58. The molecule has 3 aromatic heterocycles. The predicted molar refractivity (Wildman–Crippen MR) is 86.7 cm³/mol. The first-order chi connectivity index (χ1) is 11.4. The Hall–Kier alpha value is -2.67. The van der Waals surface area contributed by atoms with E-state index in [4.69, 9.17) is 14.5 Å². The SMILES string of the molecule is COc1cc(N2CCOCC2)nc2c(-c3ccn[nH]3)nccc12. The summed E-state index contributed by atoms with van der Waals surface area (Å²) in [5.74, 6) is 1.67. The fraction of sp³-hybridized carbons (Fsp3) is 0.312. The lowest BCUT2D eigenvalue weighted by Gasteiger charge is -2.28. The first kappa shape index (κ1) is 14.0. The molecule has 4 heterocycles. The van der Waals surface area contributed by atoms with E-state index in [1.807, 2.05) is 18.2 Å². The van der Waals surface area contributed by atoms with Crippen molar-refractivity contribution in [3.63, 3.8) is 0 Å². The van der Waals surface area contributed by atoms with Crippen molar-refractivity contribution in [1.29, 1.82) is 0 Å². The predicted octanol–water partition coefficient (Wildman–Crippen LogP) is 1.87. The van der Waals surface area contributed by atoms with Crippen LogP contribution >= 0.6 is 0 Å². The second kappa shape index (κ2) is 5.85. The van der Waals surface area contributed by atoms with Gasteiger partial charge in [-0.25, -0.2) is 4.98 Å². The molecule has 1 aliphatic rings. The fourth-order valence-electron chi connectivity index (χ4n) is 2.82. The molecule has 1 aliphatic heterocycles. The quantitative estimate of drug-likeness (QED) is 0.796. The van der Waals surface area contributed by atoms with E-state index in [0.717, 1.165) is 46.9 Å². The molecule has 7 heteroatoms. The van der Waals surface area contributed by atoms with Crippen molar-refractivity contribution in [3.05, 3.63) is 30.6 Å². The minimum absolute atomic E-state index is 0.711. The first-order valence-corrected chi connectivity index (χ1v) is 7.53. The molecule has 0 saturated carbocycles. The van der Waals surface area contributed by atoms with Crippen molar-refractivity contribution in [3.8, 4) is 17.1 Å². The van der Waals surface area contributed by atoms with E-state index in [-0.39, 0.29) is 0 Å². The number of fused-ring (bicyclic) bond motifs is 1. The second-order valence-electron chi connectivity index (χ2n) is 5.31. The standard InChI is InChI=1S/C16H17N5O2/c1-22-13-10-14(21-6-8-23-9-7-21)19-15-11(13)2-4-17-16(15)12-3-5-18-20-12/h2-5,10H,6-9H2,1H3,(H,18,20). The van der Waals surface area contributed by atoms with Gasteiger partial charge in [0.2, 0.25) is 0 Å². The number of hydrogen-bond acceptors (Lipinski definition) is 6. The van der Waals surface area contributed by atoms with Gasteiger partial charge in [-0.05, 0) is 12.1 Å². The van der Waals surface area contributed by atoms with Gasteiger partial charge in [0.25, 0.3) is 0 Å². The minimum atomic E-state index is 0.711. The Balaban J connectivity index is 1.91. The number of nitrogens with one attached hydrogen (secondary N) is 1. The summed E-state index contributed by atoms with van der Waals surface area (Å²) in [5, 5.41) is 7.90. The molecule has 0 radical (unpaired) electrons. The summed E-state index contributed by atoms with van der Waals surface area (Å²) < 4.78 is 11.0. The maximum atomic E-state index is 5.58. The number of pyridine rings is 2.